The zero-order chi connectivity index (χ0) is 17.1. The molecule has 1 atom stereocenters. The van der Waals surface area contributed by atoms with Crippen molar-refractivity contribution in [2.45, 2.75) is 13.0 Å². The van der Waals surface area contributed by atoms with E-state index < -0.39 is 4.92 Å². The van der Waals surface area contributed by atoms with Crippen LogP contribution in [0.3, 0.4) is 0 Å². The van der Waals surface area contributed by atoms with Crippen molar-refractivity contribution in [3.05, 3.63) is 75.0 Å². The number of non-ortho nitro benzene ring substituents is 1. The van der Waals surface area contributed by atoms with Crippen LogP contribution in [-0.2, 0) is 0 Å². The van der Waals surface area contributed by atoms with E-state index in [2.05, 4.69) is 31.6 Å². The molecule has 24 heavy (non-hydrogen) atoms. The Kier molecular flexibility index (Phi) is 4.57. The van der Waals surface area contributed by atoms with Crippen LogP contribution in [0.4, 0.5) is 11.4 Å². The molecule has 1 unspecified atom stereocenters. The monoisotopic (exact) mass is 387 g/mol. The Labute approximate surface area is 146 Å². The number of anilines is 1. The van der Waals surface area contributed by atoms with Crippen molar-refractivity contribution < 1.29 is 4.92 Å². The minimum Gasteiger partial charge on any atom is -0.376 e. The summed E-state index contributed by atoms with van der Waals surface area (Å²) in [6.45, 7) is 1.95. The first kappa shape index (κ1) is 16.1. The second-order valence-corrected chi connectivity index (χ2v) is 6.07. The minimum atomic E-state index is -0.427. The molecule has 7 nitrogen and oxygen atoms in total. The van der Waals surface area contributed by atoms with Gasteiger partial charge in [0.15, 0.2) is 0 Å². The lowest BCUT2D eigenvalue weighted by atomic mass is 10.2. The molecule has 8 heteroatoms. The summed E-state index contributed by atoms with van der Waals surface area (Å²) in [6, 6.07) is 14.2. The van der Waals surface area contributed by atoms with Crippen molar-refractivity contribution in [2.24, 2.45) is 0 Å². The Bertz CT molecular complexity index is 866. The van der Waals surface area contributed by atoms with Gasteiger partial charge in [-0.2, -0.15) is 0 Å². The van der Waals surface area contributed by atoms with Crippen LogP contribution in [0.5, 0.6) is 0 Å². The van der Waals surface area contributed by atoms with Crippen LogP contribution in [0.25, 0.3) is 5.69 Å². The molecular formula is C16H14BrN5O2. The van der Waals surface area contributed by atoms with Gasteiger partial charge in [0.25, 0.3) is 5.69 Å². The number of nitrogens with one attached hydrogen (secondary N) is 1. The molecule has 0 radical (unpaired) electrons. The fraction of sp³-hybridized carbons (Fsp3) is 0.125. The van der Waals surface area contributed by atoms with Crippen LogP contribution < -0.4 is 5.32 Å². The van der Waals surface area contributed by atoms with Crippen molar-refractivity contribution in [3.63, 3.8) is 0 Å². The number of hydrogen-bond donors (Lipinski definition) is 1. The van der Waals surface area contributed by atoms with E-state index in [0.29, 0.717) is 4.47 Å². The van der Waals surface area contributed by atoms with Gasteiger partial charge in [-0.1, -0.05) is 23.4 Å². The molecule has 0 aliphatic carbocycles. The first-order valence-electron chi connectivity index (χ1n) is 7.23. The SMILES string of the molecule is CC(Nc1ccc([N+](=O)[O-])cc1Br)c1cn(-c2ccccc2)nn1. The summed E-state index contributed by atoms with van der Waals surface area (Å²) in [4.78, 5) is 10.4. The molecule has 0 aliphatic heterocycles. The second kappa shape index (κ2) is 6.79. The zero-order valence-electron chi connectivity index (χ0n) is 12.8. The van der Waals surface area contributed by atoms with Crippen LogP contribution in [0.1, 0.15) is 18.7 Å². The lowest BCUT2D eigenvalue weighted by Gasteiger charge is -2.13. The fourth-order valence-electron chi connectivity index (χ4n) is 2.22. The molecule has 1 N–H and O–H groups in total. The van der Waals surface area contributed by atoms with E-state index in [1.54, 1.807) is 10.7 Å². The molecule has 0 fully saturated rings. The molecule has 0 saturated heterocycles. The van der Waals surface area contributed by atoms with E-state index in [4.69, 9.17) is 0 Å². The van der Waals surface area contributed by atoms with Gasteiger partial charge in [0, 0.05) is 22.3 Å². The molecule has 0 spiro atoms. The van der Waals surface area contributed by atoms with Gasteiger partial charge in [0.1, 0.15) is 5.69 Å². The van der Waals surface area contributed by atoms with E-state index in [1.807, 2.05) is 43.5 Å². The van der Waals surface area contributed by atoms with Gasteiger partial charge in [0.2, 0.25) is 0 Å². The summed E-state index contributed by atoms with van der Waals surface area (Å²) in [7, 11) is 0. The summed E-state index contributed by atoms with van der Waals surface area (Å²) in [5.41, 5.74) is 2.49. The van der Waals surface area contributed by atoms with Gasteiger partial charge < -0.3 is 5.32 Å². The number of para-hydroxylation sites is 1. The van der Waals surface area contributed by atoms with Gasteiger partial charge in [-0.15, -0.1) is 5.10 Å². The largest absolute Gasteiger partial charge is 0.376 e. The number of nitro groups is 1. The van der Waals surface area contributed by atoms with Crippen LogP contribution in [0.15, 0.2) is 59.2 Å². The summed E-state index contributed by atoms with van der Waals surface area (Å²) < 4.78 is 2.33. The van der Waals surface area contributed by atoms with E-state index >= 15 is 0 Å². The number of rotatable bonds is 5. The lowest BCUT2D eigenvalue weighted by Crippen LogP contribution is -2.07. The summed E-state index contributed by atoms with van der Waals surface area (Å²) in [6.07, 6.45) is 1.85. The Hall–Kier alpha value is -2.74. The molecule has 0 amide bonds. The molecule has 2 aromatic carbocycles. The van der Waals surface area contributed by atoms with Crippen molar-refractivity contribution in [2.75, 3.05) is 5.32 Å². The lowest BCUT2D eigenvalue weighted by molar-refractivity contribution is -0.384. The average molecular weight is 388 g/mol. The van der Waals surface area contributed by atoms with E-state index in [1.165, 1.54) is 12.1 Å². The molecule has 3 aromatic rings. The van der Waals surface area contributed by atoms with E-state index in [-0.39, 0.29) is 11.7 Å². The topological polar surface area (TPSA) is 85.9 Å². The highest BCUT2D eigenvalue weighted by Gasteiger charge is 2.14. The van der Waals surface area contributed by atoms with Crippen molar-refractivity contribution in [1.82, 2.24) is 15.0 Å². The van der Waals surface area contributed by atoms with Crippen LogP contribution in [0.2, 0.25) is 0 Å². The second-order valence-electron chi connectivity index (χ2n) is 5.21. The number of halogens is 1. The average Bonchev–Trinajstić information content (AvgIpc) is 3.07. The maximum atomic E-state index is 10.8. The number of aromatic nitrogens is 3. The van der Waals surface area contributed by atoms with Gasteiger partial charge in [-0.25, -0.2) is 4.68 Å². The zero-order valence-corrected chi connectivity index (χ0v) is 14.3. The van der Waals surface area contributed by atoms with Gasteiger partial charge in [-0.05, 0) is 41.1 Å². The predicted octanol–water partition coefficient (Wildman–Crippen LogP) is 4.11. The molecule has 1 aromatic heterocycles. The van der Waals surface area contributed by atoms with Crippen LogP contribution in [-0.4, -0.2) is 19.9 Å². The number of benzene rings is 2. The molecule has 0 saturated carbocycles. The molecule has 122 valence electrons. The van der Waals surface area contributed by atoms with Gasteiger partial charge >= 0.3 is 0 Å². The summed E-state index contributed by atoms with van der Waals surface area (Å²) >= 11 is 3.35. The third kappa shape index (κ3) is 3.43. The van der Waals surface area contributed by atoms with Crippen LogP contribution >= 0.6 is 15.9 Å². The standard InChI is InChI=1S/C16H14BrN5O2/c1-11(18-15-8-7-13(22(23)24)9-14(15)17)16-10-21(20-19-16)12-5-3-2-4-6-12/h2-11,18H,1H3. The maximum Gasteiger partial charge on any atom is 0.270 e. The molecule has 3 rings (SSSR count). The quantitative estimate of drug-likeness (QED) is 0.525. The van der Waals surface area contributed by atoms with Gasteiger partial charge in [-0.3, -0.25) is 10.1 Å². The Morgan fingerprint density at radius 2 is 2.00 bits per heavy atom. The Balaban J connectivity index is 1.77. The van der Waals surface area contributed by atoms with Gasteiger partial charge in [0.05, 0.1) is 22.8 Å². The summed E-state index contributed by atoms with van der Waals surface area (Å²) in [5.74, 6) is 0. The van der Waals surface area contributed by atoms with Crippen LogP contribution in [0, 0.1) is 10.1 Å². The number of nitrogens with zero attached hydrogens (tertiary/aromatic N) is 4. The Morgan fingerprint density at radius 1 is 1.25 bits per heavy atom. The first-order valence-corrected chi connectivity index (χ1v) is 8.02. The number of nitro benzene ring substituents is 1. The highest BCUT2D eigenvalue weighted by Crippen LogP contribution is 2.29. The van der Waals surface area contributed by atoms with Crippen molar-refractivity contribution >= 4 is 27.3 Å². The third-order valence-electron chi connectivity index (χ3n) is 3.51. The fourth-order valence-corrected chi connectivity index (χ4v) is 2.71. The predicted molar refractivity (Wildman–Crippen MR) is 94.2 cm³/mol. The molecule has 0 aliphatic rings. The highest BCUT2D eigenvalue weighted by molar-refractivity contribution is 9.10. The summed E-state index contributed by atoms with van der Waals surface area (Å²) in [5, 5.41) is 22.4. The molecular weight excluding hydrogens is 374 g/mol. The highest BCUT2D eigenvalue weighted by atomic mass is 79.9. The molecule has 1 heterocycles. The smallest absolute Gasteiger partial charge is 0.270 e. The van der Waals surface area contributed by atoms with E-state index in [0.717, 1.165) is 17.1 Å². The van der Waals surface area contributed by atoms with E-state index in [9.17, 15) is 10.1 Å². The third-order valence-corrected chi connectivity index (χ3v) is 4.17. The van der Waals surface area contributed by atoms with Crippen molar-refractivity contribution in [3.8, 4) is 5.69 Å². The Morgan fingerprint density at radius 3 is 2.67 bits per heavy atom. The normalized spacial score (nSPS) is 11.9. The molecule has 0 bridgehead atoms. The minimum absolute atomic E-state index is 0.0371. The maximum absolute atomic E-state index is 10.8. The first-order chi connectivity index (χ1) is 11.5. The van der Waals surface area contributed by atoms with Crippen molar-refractivity contribution in [1.29, 1.82) is 0 Å². The number of hydrogen-bond acceptors (Lipinski definition) is 5.